The molecule has 1 aliphatic heterocycles. The van der Waals surface area contributed by atoms with Gasteiger partial charge in [0.25, 0.3) is 5.91 Å². The SMILES string of the molecule is Cc1nnc2c(N3CC[C@H](NC(=O)c4cccc(N(C)C)c4)C3)nccn12. The summed E-state index contributed by atoms with van der Waals surface area (Å²) in [5, 5.41) is 11.5. The van der Waals surface area contributed by atoms with E-state index in [1.165, 1.54) is 0 Å². The number of aryl methyl sites for hydroxylation is 1. The quantitative estimate of drug-likeness (QED) is 0.755. The highest BCUT2D eigenvalue weighted by Crippen LogP contribution is 2.22. The molecule has 1 fully saturated rings. The van der Waals surface area contributed by atoms with E-state index in [1.807, 2.05) is 60.8 Å². The Morgan fingerprint density at radius 2 is 2.15 bits per heavy atom. The van der Waals surface area contributed by atoms with Crippen LogP contribution in [0, 0.1) is 6.92 Å². The van der Waals surface area contributed by atoms with Gasteiger partial charge in [-0.2, -0.15) is 0 Å². The van der Waals surface area contributed by atoms with Gasteiger partial charge in [-0.05, 0) is 31.5 Å². The Balaban J connectivity index is 1.47. The molecule has 27 heavy (non-hydrogen) atoms. The summed E-state index contributed by atoms with van der Waals surface area (Å²) in [6.07, 6.45) is 4.49. The van der Waals surface area contributed by atoms with E-state index in [9.17, 15) is 4.79 Å². The number of fused-ring (bicyclic) bond motifs is 1. The lowest BCUT2D eigenvalue weighted by atomic mass is 10.1. The van der Waals surface area contributed by atoms with E-state index in [1.54, 1.807) is 6.20 Å². The summed E-state index contributed by atoms with van der Waals surface area (Å²) in [6, 6.07) is 7.72. The topological polar surface area (TPSA) is 78.7 Å². The molecule has 0 aliphatic carbocycles. The smallest absolute Gasteiger partial charge is 0.251 e. The molecule has 0 unspecified atom stereocenters. The molecule has 3 heterocycles. The number of nitrogens with zero attached hydrogens (tertiary/aromatic N) is 6. The van der Waals surface area contributed by atoms with Gasteiger partial charge in [0.05, 0.1) is 0 Å². The first-order valence-electron chi connectivity index (χ1n) is 9.02. The van der Waals surface area contributed by atoms with Gasteiger partial charge in [-0.3, -0.25) is 9.20 Å². The summed E-state index contributed by atoms with van der Waals surface area (Å²) in [5.74, 6) is 1.60. The highest BCUT2D eigenvalue weighted by atomic mass is 16.1. The molecule has 8 heteroatoms. The molecule has 8 nitrogen and oxygen atoms in total. The summed E-state index contributed by atoms with van der Waals surface area (Å²) >= 11 is 0. The van der Waals surface area contributed by atoms with Crippen molar-refractivity contribution in [2.24, 2.45) is 0 Å². The third-order valence-electron chi connectivity index (χ3n) is 4.93. The van der Waals surface area contributed by atoms with Crippen LogP contribution < -0.4 is 15.1 Å². The first kappa shape index (κ1) is 17.3. The second kappa shape index (κ2) is 6.86. The average molecular weight is 365 g/mol. The van der Waals surface area contributed by atoms with Crippen LogP contribution in [0.2, 0.25) is 0 Å². The Labute approximate surface area is 157 Å². The fourth-order valence-corrected chi connectivity index (χ4v) is 3.42. The number of nitrogens with one attached hydrogen (secondary N) is 1. The fraction of sp³-hybridized carbons (Fsp3) is 0.368. The van der Waals surface area contributed by atoms with E-state index in [2.05, 4.69) is 25.4 Å². The second-order valence-electron chi connectivity index (χ2n) is 7.04. The van der Waals surface area contributed by atoms with Crippen molar-refractivity contribution < 1.29 is 4.79 Å². The van der Waals surface area contributed by atoms with Crippen LogP contribution in [0.25, 0.3) is 5.65 Å². The molecule has 1 saturated heterocycles. The largest absolute Gasteiger partial charge is 0.378 e. The van der Waals surface area contributed by atoms with Crippen LogP contribution in [0.1, 0.15) is 22.6 Å². The molecular weight excluding hydrogens is 342 g/mol. The molecule has 2 aromatic heterocycles. The van der Waals surface area contributed by atoms with Crippen LogP contribution in [0.3, 0.4) is 0 Å². The maximum atomic E-state index is 12.6. The van der Waals surface area contributed by atoms with E-state index in [0.717, 1.165) is 35.9 Å². The summed E-state index contributed by atoms with van der Waals surface area (Å²) in [6.45, 7) is 3.44. The minimum absolute atomic E-state index is 0.0463. The van der Waals surface area contributed by atoms with Crippen molar-refractivity contribution in [1.29, 1.82) is 0 Å². The first-order chi connectivity index (χ1) is 13.0. The van der Waals surface area contributed by atoms with Gasteiger partial charge >= 0.3 is 0 Å². The number of aromatic nitrogens is 4. The van der Waals surface area contributed by atoms with Crippen LogP contribution >= 0.6 is 0 Å². The van der Waals surface area contributed by atoms with Gasteiger partial charge in [-0.25, -0.2) is 4.98 Å². The number of amides is 1. The minimum atomic E-state index is -0.0463. The van der Waals surface area contributed by atoms with Gasteiger partial charge < -0.3 is 15.1 Å². The van der Waals surface area contributed by atoms with Crippen LogP contribution in [-0.4, -0.2) is 58.7 Å². The number of hydrogen-bond acceptors (Lipinski definition) is 6. The molecule has 0 radical (unpaired) electrons. The summed E-state index contributed by atoms with van der Waals surface area (Å²) < 4.78 is 1.93. The normalized spacial score (nSPS) is 16.7. The molecule has 1 N–H and O–H groups in total. The zero-order chi connectivity index (χ0) is 19.0. The minimum Gasteiger partial charge on any atom is -0.378 e. The predicted molar refractivity (Wildman–Crippen MR) is 104 cm³/mol. The van der Waals surface area contributed by atoms with Gasteiger partial charge in [0.15, 0.2) is 5.82 Å². The number of carbonyl (C=O) groups is 1. The Bertz CT molecular complexity index is 981. The van der Waals surface area contributed by atoms with Crippen molar-refractivity contribution in [2.45, 2.75) is 19.4 Å². The molecule has 4 rings (SSSR count). The maximum Gasteiger partial charge on any atom is 0.251 e. The monoisotopic (exact) mass is 365 g/mol. The van der Waals surface area contributed by atoms with Crippen molar-refractivity contribution >= 4 is 23.1 Å². The van der Waals surface area contributed by atoms with Gasteiger partial charge in [0.2, 0.25) is 5.65 Å². The highest BCUT2D eigenvalue weighted by molar-refractivity contribution is 5.95. The number of carbonyl (C=O) groups excluding carboxylic acids is 1. The van der Waals surface area contributed by atoms with E-state index < -0.39 is 0 Å². The third kappa shape index (κ3) is 3.30. The number of rotatable bonds is 4. The zero-order valence-electron chi connectivity index (χ0n) is 15.8. The molecule has 1 amide bonds. The lowest BCUT2D eigenvalue weighted by Gasteiger charge is -2.18. The van der Waals surface area contributed by atoms with Crippen LogP contribution in [0.5, 0.6) is 0 Å². The molecule has 0 saturated carbocycles. The van der Waals surface area contributed by atoms with E-state index in [0.29, 0.717) is 12.1 Å². The molecule has 1 atom stereocenters. The summed E-state index contributed by atoms with van der Waals surface area (Å²) in [7, 11) is 3.93. The van der Waals surface area contributed by atoms with E-state index in [4.69, 9.17) is 0 Å². The predicted octanol–water partition coefficient (Wildman–Crippen LogP) is 1.51. The summed E-state index contributed by atoms with van der Waals surface area (Å²) in [5.41, 5.74) is 2.43. The van der Waals surface area contributed by atoms with Crippen molar-refractivity contribution in [3.8, 4) is 0 Å². The first-order valence-corrected chi connectivity index (χ1v) is 9.02. The lowest BCUT2D eigenvalue weighted by molar-refractivity contribution is 0.0940. The molecule has 140 valence electrons. The van der Waals surface area contributed by atoms with Crippen LogP contribution in [0.4, 0.5) is 11.5 Å². The third-order valence-corrected chi connectivity index (χ3v) is 4.93. The second-order valence-corrected chi connectivity index (χ2v) is 7.04. The van der Waals surface area contributed by atoms with Crippen molar-refractivity contribution in [2.75, 3.05) is 37.0 Å². The zero-order valence-corrected chi connectivity index (χ0v) is 15.8. The molecule has 0 bridgehead atoms. The Kier molecular flexibility index (Phi) is 4.39. The van der Waals surface area contributed by atoms with Crippen LogP contribution in [-0.2, 0) is 0 Å². The molecule has 0 spiro atoms. The number of hydrogen-bond donors (Lipinski definition) is 1. The maximum absolute atomic E-state index is 12.6. The Morgan fingerprint density at radius 3 is 2.96 bits per heavy atom. The lowest BCUT2D eigenvalue weighted by Crippen LogP contribution is -2.37. The molecular formula is C19H23N7O. The summed E-state index contributed by atoms with van der Waals surface area (Å²) in [4.78, 5) is 21.3. The molecule has 3 aromatic rings. The van der Waals surface area contributed by atoms with E-state index >= 15 is 0 Å². The van der Waals surface area contributed by atoms with Gasteiger partial charge in [0, 0.05) is 56.9 Å². The Hall–Kier alpha value is -3.16. The highest BCUT2D eigenvalue weighted by Gasteiger charge is 2.27. The van der Waals surface area contributed by atoms with Gasteiger partial charge in [-0.1, -0.05) is 6.07 Å². The Morgan fingerprint density at radius 1 is 1.30 bits per heavy atom. The van der Waals surface area contributed by atoms with Crippen molar-refractivity contribution in [3.05, 3.63) is 48.0 Å². The standard InChI is InChI=1S/C19H23N7O/c1-13-22-23-18-17(20-8-10-26(13)18)25-9-7-15(12-25)21-19(27)14-5-4-6-16(11-14)24(2)3/h4-6,8,10-11,15H,7,9,12H2,1-3H3,(H,21,27)/t15-/m0/s1. The molecule has 1 aromatic carbocycles. The average Bonchev–Trinajstić information content (AvgIpc) is 3.29. The van der Waals surface area contributed by atoms with Crippen LogP contribution in [0.15, 0.2) is 36.7 Å². The van der Waals surface area contributed by atoms with E-state index in [-0.39, 0.29) is 11.9 Å². The molecule has 1 aliphatic rings. The number of benzene rings is 1. The van der Waals surface area contributed by atoms with Gasteiger partial charge in [0.1, 0.15) is 5.82 Å². The van der Waals surface area contributed by atoms with Gasteiger partial charge in [-0.15, -0.1) is 10.2 Å². The van der Waals surface area contributed by atoms with Crippen molar-refractivity contribution in [1.82, 2.24) is 24.9 Å². The van der Waals surface area contributed by atoms with Crippen molar-refractivity contribution in [3.63, 3.8) is 0 Å². The fourth-order valence-electron chi connectivity index (χ4n) is 3.42. The number of anilines is 2.